The normalized spacial score (nSPS) is 11.7. The maximum atomic E-state index is 9.31. The number of halogens is 1. The largest absolute Gasteiger partial charge is 0.494 e. The summed E-state index contributed by atoms with van der Waals surface area (Å²) < 4.78 is 5.71. The summed E-state index contributed by atoms with van der Waals surface area (Å²) in [5, 5.41) is 9.96. The molecule has 3 heteroatoms. The van der Waals surface area contributed by atoms with Crippen LogP contribution in [0.4, 0.5) is 0 Å². The SMILES string of the molecule is Cc1cccc(OCCCC(C#N)c2ccccc2Cl)c1. The first-order valence-corrected chi connectivity index (χ1v) is 7.42. The lowest BCUT2D eigenvalue weighted by Crippen LogP contribution is -2.02. The molecule has 0 N–H and O–H groups in total. The predicted molar refractivity (Wildman–Crippen MR) is 85.7 cm³/mol. The second kappa shape index (κ2) is 7.71. The molecule has 0 amide bonds. The van der Waals surface area contributed by atoms with Crippen LogP contribution in [0.25, 0.3) is 0 Å². The van der Waals surface area contributed by atoms with E-state index in [1.54, 1.807) is 0 Å². The van der Waals surface area contributed by atoms with Gasteiger partial charge in [0, 0.05) is 5.02 Å². The Hall–Kier alpha value is -1.98. The van der Waals surface area contributed by atoms with Gasteiger partial charge in [-0.15, -0.1) is 0 Å². The summed E-state index contributed by atoms with van der Waals surface area (Å²) in [5.41, 5.74) is 2.08. The second-order valence-corrected chi connectivity index (χ2v) is 5.42. The van der Waals surface area contributed by atoms with Crippen LogP contribution in [0.2, 0.25) is 5.02 Å². The Bertz CT molecular complexity index is 633. The molecule has 0 saturated carbocycles. The molecule has 0 radical (unpaired) electrons. The van der Waals surface area contributed by atoms with Crippen molar-refractivity contribution in [3.8, 4) is 11.8 Å². The molecule has 21 heavy (non-hydrogen) atoms. The summed E-state index contributed by atoms with van der Waals surface area (Å²) in [6, 6.07) is 17.8. The summed E-state index contributed by atoms with van der Waals surface area (Å²) in [4.78, 5) is 0. The van der Waals surface area contributed by atoms with Crippen molar-refractivity contribution in [2.24, 2.45) is 0 Å². The highest BCUT2D eigenvalue weighted by Gasteiger charge is 2.13. The average Bonchev–Trinajstić information content (AvgIpc) is 2.49. The van der Waals surface area contributed by atoms with Crippen molar-refractivity contribution < 1.29 is 4.74 Å². The van der Waals surface area contributed by atoms with Crippen molar-refractivity contribution in [2.75, 3.05) is 6.61 Å². The number of aryl methyl sites for hydroxylation is 1. The molecule has 0 aromatic heterocycles. The number of rotatable bonds is 6. The Morgan fingerprint density at radius 2 is 2.00 bits per heavy atom. The molecule has 0 heterocycles. The standard InChI is InChI=1S/C18H18ClNO/c1-14-6-4-8-16(12-14)21-11-5-7-15(13-20)17-9-2-3-10-18(17)19/h2-4,6,8-10,12,15H,5,7,11H2,1H3. The minimum atomic E-state index is -0.181. The number of nitriles is 1. The van der Waals surface area contributed by atoms with Gasteiger partial charge in [-0.25, -0.2) is 0 Å². The highest BCUT2D eigenvalue weighted by molar-refractivity contribution is 6.31. The zero-order chi connectivity index (χ0) is 15.1. The van der Waals surface area contributed by atoms with E-state index in [0.29, 0.717) is 11.6 Å². The van der Waals surface area contributed by atoms with Gasteiger partial charge >= 0.3 is 0 Å². The van der Waals surface area contributed by atoms with Crippen molar-refractivity contribution in [1.82, 2.24) is 0 Å². The Morgan fingerprint density at radius 1 is 1.19 bits per heavy atom. The van der Waals surface area contributed by atoms with E-state index in [1.807, 2.05) is 55.5 Å². The number of hydrogen-bond donors (Lipinski definition) is 0. The van der Waals surface area contributed by atoms with Gasteiger partial charge in [0.25, 0.3) is 0 Å². The molecule has 2 rings (SSSR count). The molecule has 0 aliphatic heterocycles. The van der Waals surface area contributed by atoms with E-state index in [-0.39, 0.29) is 5.92 Å². The van der Waals surface area contributed by atoms with Crippen molar-refractivity contribution >= 4 is 11.6 Å². The third-order valence-electron chi connectivity index (χ3n) is 3.33. The molecule has 108 valence electrons. The number of benzene rings is 2. The molecule has 2 nitrogen and oxygen atoms in total. The maximum Gasteiger partial charge on any atom is 0.119 e. The molecular weight excluding hydrogens is 282 g/mol. The van der Waals surface area contributed by atoms with Gasteiger partial charge in [0.15, 0.2) is 0 Å². The minimum Gasteiger partial charge on any atom is -0.494 e. The van der Waals surface area contributed by atoms with Crippen LogP contribution in [0.1, 0.15) is 29.9 Å². The van der Waals surface area contributed by atoms with E-state index < -0.39 is 0 Å². The zero-order valence-electron chi connectivity index (χ0n) is 12.1. The zero-order valence-corrected chi connectivity index (χ0v) is 12.8. The second-order valence-electron chi connectivity index (χ2n) is 5.01. The molecule has 2 aromatic rings. The lowest BCUT2D eigenvalue weighted by Gasteiger charge is -2.12. The molecule has 0 aliphatic carbocycles. The van der Waals surface area contributed by atoms with Gasteiger partial charge in [0.2, 0.25) is 0 Å². The van der Waals surface area contributed by atoms with Gasteiger partial charge in [-0.2, -0.15) is 5.26 Å². The van der Waals surface area contributed by atoms with E-state index in [9.17, 15) is 5.26 Å². The van der Waals surface area contributed by atoms with E-state index in [1.165, 1.54) is 5.56 Å². The molecule has 2 aromatic carbocycles. The first-order valence-electron chi connectivity index (χ1n) is 7.04. The highest BCUT2D eigenvalue weighted by Crippen LogP contribution is 2.27. The summed E-state index contributed by atoms with van der Waals surface area (Å²) in [6.45, 7) is 2.64. The lowest BCUT2D eigenvalue weighted by molar-refractivity contribution is 0.305. The van der Waals surface area contributed by atoms with E-state index in [4.69, 9.17) is 16.3 Å². The van der Waals surface area contributed by atoms with E-state index >= 15 is 0 Å². The van der Waals surface area contributed by atoms with Crippen LogP contribution >= 0.6 is 11.6 Å². The van der Waals surface area contributed by atoms with Crippen LogP contribution in [-0.2, 0) is 0 Å². The predicted octanol–water partition coefficient (Wildman–Crippen LogP) is 5.11. The monoisotopic (exact) mass is 299 g/mol. The van der Waals surface area contributed by atoms with Gasteiger partial charge in [-0.1, -0.05) is 41.9 Å². The fourth-order valence-electron chi connectivity index (χ4n) is 2.23. The fraction of sp³-hybridized carbons (Fsp3) is 0.278. The van der Waals surface area contributed by atoms with Crippen molar-refractivity contribution in [3.05, 3.63) is 64.7 Å². The third kappa shape index (κ3) is 4.51. The van der Waals surface area contributed by atoms with Crippen LogP contribution in [0.5, 0.6) is 5.75 Å². The van der Waals surface area contributed by atoms with Crippen LogP contribution in [0.3, 0.4) is 0 Å². The van der Waals surface area contributed by atoms with Crippen LogP contribution in [0.15, 0.2) is 48.5 Å². The number of nitrogens with zero attached hydrogens (tertiary/aromatic N) is 1. The fourth-order valence-corrected chi connectivity index (χ4v) is 2.50. The van der Waals surface area contributed by atoms with Gasteiger partial charge in [0.05, 0.1) is 18.6 Å². The Labute approximate surface area is 130 Å². The van der Waals surface area contributed by atoms with Gasteiger partial charge in [-0.05, 0) is 49.1 Å². The van der Waals surface area contributed by atoms with Gasteiger partial charge in [-0.3, -0.25) is 0 Å². The summed E-state index contributed by atoms with van der Waals surface area (Å²) in [5.74, 6) is 0.695. The molecular formula is C18H18ClNO. The average molecular weight is 300 g/mol. The topological polar surface area (TPSA) is 33.0 Å². The highest BCUT2D eigenvalue weighted by atomic mass is 35.5. The molecule has 0 aliphatic rings. The van der Waals surface area contributed by atoms with E-state index in [0.717, 1.165) is 24.2 Å². The Kier molecular flexibility index (Phi) is 5.66. The molecule has 0 bridgehead atoms. The molecule has 1 unspecified atom stereocenters. The van der Waals surface area contributed by atoms with Gasteiger partial charge in [0.1, 0.15) is 5.75 Å². The Morgan fingerprint density at radius 3 is 2.71 bits per heavy atom. The summed E-state index contributed by atoms with van der Waals surface area (Å²) in [7, 11) is 0. The summed E-state index contributed by atoms with van der Waals surface area (Å²) >= 11 is 6.14. The quantitative estimate of drug-likeness (QED) is 0.694. The number of hydrogen-bond acceptors (Lipinski definition) is 2. The van der Waals surface area contributed by atoms with E-state index in [2.05, 4.69) is 6.07 Å². The maximum absolute atomic E-state index is 9.31. The third-order valence-corrected chi connectivity index (χ3v) is 3.68. The smallest absolute Gasteiger partial charge is 0.119 e. The van der Waals surface area contributed by atoms with Crippen molar-refractivity contribution in [1.29, 1.82) is 5.26 Å². The van der Waals surface area contributed by atoms with Crippen LogP contribution < -0.4 is 4.74 Å². The van der Waals surface area contributed by atoms with Gasteiger partial charge < -0.3 is 4.74 Å². The number of ether oxygens (including phenoxy) is 1. The lowest BCUT2D eigenvalue weighted by atomic mass is 9.96. The van der Waals surface area contributed by atoms with Crippen LogP contribution in [0, 0.1) is 18.3 Å². The molecule has 0 saturated heterocycles. The summed E-state index contributed by atoms with van der Waals surface area (Å²) in [6.07, 6.45) is 1.56. The Balaban J connectivity index is 1.85. The minimum absolute atomic E-state index is 0.181. The van der Waals surface area contributed by atoms with Crippen molar-refractivity contribution in [2.45, 2.75) is 25.7 Å². The molecule has 0 fully saturated rings. The molecule has 1 atom stereocenters. The first-order chi connectivity index (χ1) is 10.2. The van der Waals surface area contributed by atoms with Crippen molar-refractivity contribution in [3.63, 3.8) is 0 Å². The molecule has 0 spiro atoms. The van der Waals surface area contributed by atoms with Crippen LogP contribution in [-0.4, -0.2) is 6.61 Å². The first kappa shape index (κ1) is 15.4.